The molecule has 0 heterocycles. The number of carbonyl (C=O) groups excluding carboxylic acids is 2. The highest BCUT2D eigenvalue weighted by Crippen LogP contribution is 2.34. The van der Waals surface area contributed by atoms with Crippen molar-refractivity contribution in [2.24, 2.45) is 0 Å². The van der Waals surface area contributed by atoms with E-state index in [0.29, 0.717) is 25.7 Å². The van der Waals surface area contributed by atoms with Gasteiger partial charge in [-0.3, -0.25) is 19.7 Å². The van der Waals surface area contributed by atoms with Gasteiger partial charge in [-0.25, -0.2) is 0 Å². The number of unbranched alkanes of at least 4 members (excludes halogenated alkanes) is 2. The Labute approximate surface area is 133 Å². The summed E-state index contributed by atoms with van der Waals surface area (Å²) in [7, 11) is 2.99. The molecule has 0 aliphatic carbocycles. The van der Waals surface area contributed by atoms with Crippen LogP contribution < -0.4 is 14.8 Å². The second-order valence-electron chi connectivity index (χ2n) is 4.77. The first-order valence-electron chi connectivity index (χ1n) is 7.18. The summed E-state index contributed by atoms with van der Waals surface area (Å²) in [4.78, 5) is 32.3. The number of nitro groups is 1. The molecule has 1 rings (SSSR count). The molecule has 23 heavy (non-hydrogen) atoms. The zero-order valence-corrected chi connectivity index (χ0v) is 13.2. The zero-order valence-electron chi connectivity index (χ0n) is 13.2. The lowest BCUT2D eigenvalue weighted by atomic mass is 10.1. The Balaban J connectivity index is 2.62. The predicted octanol–water partition coefficient (Wildman–Crippen LogP) is 2.10. The Kier molecular flexibility index (Phi) is 7.52. The van der Waals surface area contributed by atoms with Crippen molar-refractivity contribution in [1.29, 1.82) is 0 Å². The first-order valence-corrected chi connectivity index (χ1v) is 7.18. The first kappa shape index (κ1) is 18.4. The summed E-state index contributed by atoms with van der Waals surface area (Å²) in [5, 5.41) is 13.5. The summed E-state index contributed by atoms with van der Waals surface area (Å²) < 4.78 is 10.6. The van der Waals surface area contributed by atoms with Gasteiger partial charge in [-0.15, -0.1) is 0 Å². The molecule has 0 aliphatic rings. The van der Waals surface area contributed by atoms with Crippen molar-refractivity contribution < 1.29 is 24.0 Å². The van der Waals surface area contributed by atoms with Gasteiger partial charge in [0.15, 0.2) is 17.8 Å². The van der Waals surface area contributed by atoms with E-state index in [2.05, 4.69) is 5.32 Å². The Morgan fingerprint density at radius 3 is 2.61 bits per heavy atom. The molecular weight excluding hydrogens is 304 g/mol. The van der Waals surface area contributed by atoms with Crippen LogP contribution in [0.25, 0.3) is 0 Å². The fourth-order valence-corrected chi connectivity index (χ4v) is 1.96. The number of benzene rings is 1. The van der Waals surface area contributed by atoms with E-state index in [4.69, 9.17) is 9.47 Å². The van der Waals surface area contributed by atoms with E-state index in [9.17, 15) is 19.7 Å². The second kappa shape index (κ2) is 9.39. The van der Waals surface area contributed by atoms with E-state index < -0.39 is 4.92 Å². The predicted molar refractivity (Wildman–Crippen MR) is 83.1 cm³/mol. The Morgan fingerprint density at radius 2 is 2.04 bits per heavy atom. The molecule has 0 spiro atoms. The summed E-state index contributed by atoms with van der Waals surface area (Å²) in [6, 6.07) is 2.47. The highest BCUT2D eigenvalue weighted by Gasteiger charge is 2.19. The van der Waals surface area contributed by atoms with Gasteiger partial charge < -0.3 is 14.8 Å². The van der Waals surface area contributed by atoms with Crippen molar-refractivity contribution in [3.63, 3.8) is 0 Å². The molecule has 1 N–H and O–H groups in total. The molecule has 126 valence electrons. The Bertz CT molecular complexity index is 573. The summed E-state index contributed by atoms with van der Waals surface area (Å²) >= 11 is 0. The fraction of sp³-hybridized carbons (Fsp3) is 0.467. The van der Waals surface area contributed by atoms with Gasteiger partial charge in [-0.05, 0) is 19.3 Å². The third-order valence-corrected chi connectivity index (χ3v) is 3.22. The Morgan fingerprint density at radius 1 is 1.30 bits per heavy atom. The maximum absolute atomic E-state index is 11.1. The van der Waals surface area contributed by atoms with Gasteiger partial charge >= 0.3 is 0 Å². The van der Waals surface area contributed by atoms with Crippen LogP contribution in [0.2, 0.25) is 0 Å². The molecular formula is C15H20N2O6. The number of hydrogen-bond acceptors (Lipinski definition) is 6. The van der Waals surface area contributed by atoms with Gasteiger partial charge in [0.2, 0.25) is 5.91 Å². The van der Waals surface area contributed by atoms with Crippen LogP contribution in [0, 0.1) is 10.1 Å². The molecule has 0 aromatic heterocycles. The summed E-state index contributed by atoms with van der Waals surface area (Å²) in [5.41, 5.74) is -0.389. The number of rotatable bonds is 10. The Hall–Kier alpha value is -2.64. The van der Waals surface area contributed by atoms with Gasteiger partial charge in [0, 0.05) is 19.5 Å². The maximum Gasteiger partial charge on any atom is 0.283 e. The minimum atomic E-state index is -0.639. The molecule has 0 bridgehead atoms. The number of amides is 1. The van der Waals surface area contributed by atoms with Crippen LogP contribution in [0.4, 0.5) is 5.69 Å². The minimum Gasteiger partial charge on any atom is -0.493 e. The number of aldehydes is 1. The maximum atomic E-state index is 11.1. The molecule has 8 heteroatoms. The van der Waals surface area contributed by atoms with Crippen LogP contribution in [-0.2, 0) is 4.79 Å². The third-order valence-electron chi connectivity index (χ3n) is 3.22. The monoisotopic (exact) mass is 324 g/mol. The van der Waals surface area contributed by atoms with Crippen LogP contribution in [0.5, 0.6) is 11.5 Å². The number of hydrogen-bond donors (Lipinski definition) is 1. The smallest absolute Gasteiger partial charge is 0.283 e. The molecule has 0 fully saturated rings. The minimum absolute atomic E-state index is 0.00679. The molecule has 0 radical (unpaired) electrons. The van der Waals surface area contributed by atoms with Crippen LogP contribution >= 0.6 is 0 Å². The SMILES string of the molecule is CNC(=O)CCCCCOc1cc([N+](=O)[O-])c(C=O)cc1OC. The van der Waals surface area contributed by atoms with Crippen LogP contribution in [-0.4, -0.2) is 37.9 Å². The topological polar surface area (TPSA) is 108 Å². The zero-order chi connectivity index (χ0) is 17.2. The lowest BCUT2D eigenvalue weighted by molar-refractivity contribution is -0.385. The van der Waals surface area contributed by atoms with Gasteiger partial charge in [0.25, 0.3) is 5.69 Å². The summed E-state index contributed by atoms with van der Waals surface area (Å²) in [5.74, 6) is 0.479. The van der Waals surface area contributed by atoms with Crippen molar-refractivity contribution in [2.75, 3.05) is 20.8 Å². The summed E-state index contributed by atoms with van der Waals surface area (Å²) in [6.45, 7) is 0.335. The second-order valence-corrected chi connectivity index (χ2v) is 4.77. The van der Waals surface area contributed by atoms with Crippen molar-refractivity contribution in [3.05, 3.63) is 27.8 Å². The van der Waals surface area contributed by atoms with Crippen LogP contribution in [0.15, 0.2) is 12.1 Å². The van der Waals surface area contributed by atoms with E-state index in [1.807, 2.05) is 0 Å². The van der Waals surface area contributed by atoms with Crippen LogP contribution in [0.3, 0.4) is 0 Å². The van der Waals surface area contributed by atoms with Gasteiger partial charge in [-0.1, -0.05) is 0 Å². The van der Waals surface area contributed by atoms with Gasteiger partial charge in [0.1, 0.15) is 0 Å². The van der Waals surface area contributed by atoms with Crippen molar-refractivity contribution >= 4 is 17.9 Å². The van der Waals surface area contributed by atoms with Crippen molar-refractivity contribution in [1.82, 2.24) is 5.32 Å². The molecule has 0 saturated heterocycles. The molecule has 0 atom stereocenters. The summed E-state index contributed by atoms with van der Waals surface area (Å²) in [6.07, 6.45) is 3.10. The average Bonchev–Trinajstić information content (AvgIpc) is 2.56. The molecule has 0 aliphatic heterocycles. The third kappa shape index (κ3) is 5.57. The number of carbonyl (C=O) groups is 2. The van der Waals surface area contributed by atoms with E-state index in [1.54, 1.807) is 7.05 Å². The molecule has 1 aromatic rings. The number of nitro benzene ring substituents is 1. The highest BCUT2D eigenvalue weighted by molar-refractivity contribution is 5.83. The lowest BCUT2D eigenvalue weighted by Gasteiger charge is -2.11. The number of ether oxygens (including phenoxy) is 2. The van der Waals surface area contributed by atoms with Gasteiger partial charge in [0.05, 0.1) is 30.3 Å². The fourth-order valence-electron chi connectivity index (χ4n) is 1.96. The normalized spacial score (nSPS) is 10.0. The lowest BCUT2D eigenvalue weighted by Crippen LogP contribution is -2.16. The molecule has 1 aromatic carbocycles. The van der Waals surface area contributed by atoms with E-state index in [-0.39, 0.29) is 28.7 Å². The quantitative estimate of drug-likeness (QED) is 0.305. The van der Waals surface area contributed by atoms with Crippen molar-refractivity contribution in [2.45, 2.75) is 25.7 Å². The number of nitrogens with one attached hydrogen (secondary N) is 1. The largest absolute Gasteiger partial charge is 0.493 e. The van der Waals surface area contributed by atoms with E-state index in [1.165, 1.54) is 19.2 Å². The molecule has 8 nitrogen and oxygen atoms in total. The molecule has 0 saturated carbocycles. The van der Waals surface area contributed by atoms with Crippen molar-refractivity contribution in [3.8, 4) is 11.5 Å². The standard InChI is InChI=1S/C15H20N2O6/c1-16-15(19)6-4-3-5-7-23-14-9-12(17(20)21)11(10-18)8-13(14)22-2/h8-10H,3-7H2,1-2H3,(H,16,19). The average molecular weight is 324 g/mol. The number of nitrogens with zero attached hydrogens (tertiary/aromatic N) is 1. The highest BCUT2D eigenvalue weighted by atomic mass is 16.6. The van der Waals surface area contributed by atoms with Crippen LogP contribution in [0.1, 0.15) is 36.0 Å². The number of methoxy groups -OCH3 is 1. The molecule has 0 unspecified atom stereocenters. The van der Waals surface area contributed by atoms with Gasteiger partial charge in [-0.2, -0.15) is 0 Å². The van der Waals surface area contributed by atoms with E-state index >= 15 is 0 Å². The molecule has 1 amide bonds. The first-order chi connectivity index (χ1) is 11.0. The van der Waals surface area contributed by atoms with E-state index in [0.717, 1.165) is 12.8 Å².